The average Bonchev–Trinajstić information content (AvgIpc) is 2.05. The number of rotatable bonds is 1. The van der Waals surface area contributed by atoms with E-state index in [4.69, 9.17) is 13.0 Å². The maximum atomic E-state index is 8.59. The van der Waals surface area contributed by atoms with E-state index in [0.29, 0.717) is 0 Å². The molecular formula is C7H12O3SSi. The van der Waals surface area contributed by atoms with Gasteiger partial charge in [0, 0.05) is 10.2 Å². The first-order chi connectivity index (χ1) is 5.66. The van der Waals surface area contributed by atoms with Crippen LogP contribution < -0.4 is 0 Å². The minimum absolute atomic E-state index is 1.28. The van der Waals surface area contributed by atoms with E-state index in [2.05, 4.69) is 30.3 Å². The third-order valence-electron chi connectivity index (χ3n) is 1.25. The predicted octanol–water partition coefficient (Wildman–Crippen LogP) is -0.377. The summed E-state index contributed by atoms with van der Waals surface area (Å²) in [7, 11) is -1.84. The van der Waals surface area contributed by atoms with Crippen LogP contribution in [0.1, 0.15) is 5.56 Å². The quantitative estimate of drug-likeness (QED) is 0.372. The van der Waals surface area contributed by atoms with Gasteiger partial charge in [-0.2, -0.15) is 0 Å². The summed E-state index contributed by atoms with van der Waals surface area (Å²) >= 11 is 0. The van der Waals surface area contributed by atoms with Gasteiger partial charge in [0.15, 0.2) is 0 Å². The summed E-state index contributed by atoms with van der Waals surface area (Å²) in [5.41, 5.74) is 1.47. The van der Waals surface area contributed by atoms with E-state index in [1.54, 1.807) is 0 Å². The van der Waals surface area contributed by atoms with Crippen LogP contribution in [-0.4, -0.2) is 23.2 Å². The zero-order valence-electron chi connectivity index (χ0n) is 6.80. The van der Waals surface area contributed by atoms with Crippen molar-refractivity contribution in [1.82, 2.24) is 0 Å². The van der Waals surface area contributed by atoms with E-state index >= 15 is 0 Å². The van der Waals surface area contributed by atoms with Gasteiger partial charge in [0.05, 0.1) is 0 Å². The Morgan fingerprint density at radius 2 is 1.67 bits per heavy atom. The van der Waals surface area contributed by atoms with Crippen molar-refractivity contribution in [2.75, 3.05) is 0 Å². The van der Waals surface area contributed by atoms with Crippen LogP contribution in [-0.2, 0) is 17.0 Å². The molecule has 1 N–H and O–H groups in total. The molecule has 0 saturated carbocycles. The second kappa shape index (κ2) is 7.02. The highest BCUT2D eigenvalue weighted by atomic mass is 32.2. The molecule has 0 aliphatic carbocycles. The highest BCUT2D eigenvalue weighted by Gasteiger charge is 1.80. The van der Waals surface area contributed by atoms with Crippen molar-refractivity contribution in [1.29, 1.82) is 0 Å². The standard InChI is InChI=1S/C7H10Si.H2O3S/c8-6-7-4-2-1-3-5-7;1-4(2)3/h1-5H,6H2,8H3;4H,(H,1,2,3). The van der Waals surface area contributed by atoms with Gasteiger partial charge >= 0.3 is 0 Å². The minimum Gasteiger partial charge on any atom is -0.288 e. The van der Waals surface area contributed by atoms with Crippen molar-refractivity contribution in [3.63, 3.8) is 0 Å². The molecule has 0 aromatic heterocycles. The molecule has 1 aromatic rings. The van der Waals surface area contributed by atoms with E-state index in [1.165, 1.54) is 21.9 Å². The normalized spacial score (nSPS) is 9.17. The maximum absolute atomic E-state index is 8.59. The van der Waals surface area contributed by atoms with Gasteiger partial charge in [-0.25, -0.2) is 8.42 Å². The molecule has 0 fully saturated rings. The summed E-state index contributed by atoms with van der Waals surface area (Å²) in [6.45, 7) is 0. The van der Waals surface area contributed by atoms with Gasteiger partial charge in [0.2, 0.25) is 0 Å². The van der Waals surface area contributed by atoms with Crippen LogP contribution in [0.25, 0.3) is 0 Å². The number of benzene rings is 1. The molecule has 3 nitrogen and oxygen atoms in total. The fraction of sp³-hybridized carbons (Fsp3) is 0.143. The van der Waals surface area contributed by atoms with E-state index in [1.807, 2.05) is 0 Å². The van der Waals surface area contributed by atoms with Gasteiger partial charge in [-0.05, 0) is 6.04 Å². The van der Waals surface area contributed by atoms with Gasteiger partial charge in [-0.1, -0.05) is 35.9 Å². The molecule has 0 heterocycles. The fourth-order valence-electron chi connectivity index (χ4n) is 0.714. The van der Waals surface area contributed by atoms with Gasteiger partial charge < -0.3 is 0 Å². The molecule has 0 aliphatic rings. The largest absolute Gasteiger partial charge is 0.288 e. The Kier molecular flexibility index (Phi) is 6.64. The molecule has 1 aromatic carbocycles. The van der Waals surface area contributed by atoms with Crippen LogP contribution in [0.15, 0.2) is 30.3 Å². The SMILES string of the molecule is O=[SH](=O)O.[SiH3]Cc1ccccc1. The molecule has 12 heavy (non-hydrogen) atoms. The lowest BCUT2D eigenvalue weighted by Crippen LogP contribution is -1.78. The third kappa shape index (κ3) is 7.45. The van der Waals surface area contributed by atoms with Crippen molar-refractivity contribution < 1.29 is 13.0 Å². The van der Waals surface area contributed by atoms with Crippen molar-refractivity contribution in [3.05, 3.63) is 35.9 Å². The second-order valence-electron chi connectivity index (χ2n) is 2.08. The molecule has 0 radical (unpaired) electrons. The van der Waals surface area contributed by atoms with E-state index in [9.17, 15) is 0 Å². The highest BCUT2D eigenvalue weighted by Crippen LogP contribution is 1.95. The lowest BCUT2D eigenvalue weighted by atomic mass is 10.2. The summed E-state index contributed by atoms with van der Waals surface area (Å²) in [5, 5.41) is 0. The van der Waals surface area contributed by atoms with Crippen LogP contribution in [0.5, 0.6) is 0 Å². The molecule has 0 aliphatic heterocycles. The third-order valence-corrected chi connectivity index (χ3v) is 2.07. The van der Waals surface area contributed by atoms with Crippen molar-refractivity contribution >= 4 is 21.2 Å². The molecule has 5 heteroatoms. The van der Waals surface area contributed by atoms with Gasteiger partial charge in [-0.15, -0.1) is 0 Å². The van der Waals surface area contributed by atoms with Gasteiger partial charge in [0.1, 0.15) is 0 Å². The Hall–Kier alpha value is -0.653. The fourth-order valence-corrected chi connectivity index (χ4v) is 1.19. The summed E-state index contributed by atoms with van der Waals surface area (Å²) in [5.74, 6) is 0. The second-order valence-corrected chi connectivity index (χ2v) is 3.26. The maximum Gasteiger partial charge on any atom is 0.254 e. The van der Waals surface area contributed by atoms with Crippen LogP contribution in [0.4, 0.5) is 0 Å². The van der Waals surface area contributed by atoms with Crippen LogP contribution in [0, 0.1) is 0 Å². The Bertz CT molecular complexity index is 263. The minimum atomic E-state index is -3.12. The Labute approximate surface area is 76.6 Å². The first-order valence-corrected chi connectivity index (χ1v) is 6.08. The van der Waals surface area contributed by atoms with Gasteiger partial charge in [-0.3, -0.25) is 4.55 Å². The number of hydrogen-bond acceptors (Lipinski definition) is 2. The summed E-state index contributed by atoms with van der Waals surface area (Å²) < 4.78 is 24.2. The molecule has 0 saturated heterocycles. The van der Waals surface area contributed by atoms with E-state index in [0.717, 1.165) is 0 Å². The molecule has 0 unspecified atom stereocenters. The first-order valence-electron chi connectivity index (χ1n) is 3.54. The summed E-state index contributed by atoms with van der Waals surface area (Å²) in [6, 6.07) is 11.9. The van der Waals surface area contributed by atoms with Crippen LogP contribution >= 0.6 is 0 Å². The van der Waals surface area contributed by atoms with Crippen molar-refractivity contribution in [2.24, 2.45) is 0 Å². The highest BCUT2D eigenvalue weighted by molar-refractivity contribution is 7.66. The Balaban J connectivity index is 0.000000261. The van der Waals surface area contributed by atoms with Crippen molar-refractivity contribution in [3.8, 4) is 0 Å². The summed E-state index contributed by atoms with van der Waals surface area (Å²) in [4.78, 5) is 0. The lowest BCUT2D eigenvalue weighted by Gasteiger charge is -1.89. The molecule has 0 atom stereocenters. The Morgan fingerprint density at radius 1 is 1.25 bits per heavy atom. The monoisotopic (exact) mass is 204 g/mol. The van der Waals surface area contributed by atoms with E-state index in [-0.39, 0.29) is 0 Å². The predicted molar refractivity (Wildman–Crippen MR) is 53.0 cm³/mol. The molecule has 1 rings (SSSR count). The van der Waals surface area contributed by atoms with Crippen LogP contribution in [0.3, 0.4) is 0 Å². The topological polar surface area (TPSA) is 54.4 Å². The smallest absolute Gasteiger partial charge is 0.254 e. The molecule has 0 spiro atoms. The zero-order chi connectivity index (χ0) is 9.40. The zero-order valence-corrected chi connectivity index (χ0v) is 9.70. The first kappa shape index (κ1) is 11.3. The molecule has 0 bridgehead atoms. The lowest BCUT2D eigenvalue weighted by molar-refractivity contribution is 0.509. The molecule has 68 valence electrons. The van der Waals surface area contributed by atoms with E-state index < -0.39 is 11.0 Å². The molecular weight excluding hydrogens is 192 g/mol. The van der Waals surface area contributed by atoms with Crippen molar-refractivity contribution in [2.45, 2.75) is 6.04 Å². The average molecular weight is 204 g/mol. The number of thiol groups is 1. The summed E-state index contributed by atoms with van der Waals surface area (Å²) in [6.07, 6.45) is 0. The van der Waals surface area contributed by atoms with Crippen LogP contribution in [0.2, 0.25) is 0 Å². The number of hydrogen-bond donors (Lipinski definition) is 2. The molecule has 0 amide bonds. The van der Waals surface area contributed by atoms with Gasteiger partial charge in [0.25, 0.3) is 11.0 Å². The Morgan fingerprint density at radius 3 is 1.92 bits per heavy atom.